The van der Waals surface area contributed by atoms with Crippen molar-refractivity contribution in [3.05, 3.63) is 30.1 Å². The lowest BCUT2D eigenvalue weighted by Gasteiger charge is -2.08. The van der Waals surface area contributed by atoms with Gasteiger partial charge in [0.2, 0.25) is 0 Å². The molecule has 1 aromatic heterocycles. The van der Waals surface area contributed by atoms with Crippen molar-refractivity contribution < 1.29 is 14.3 Å². The molecular weight excluding hydrogens is 208 g/mol. The number of rotatable bonds is 4. The van der Waals surface area contributed by atoms with Crippen LogP contribution in [-0.4, -0.2) is 29.5 Å². The van der Waals surface area contributed by atoms with Gasteiger partial charge in [-0.1, -0.05) is 6.07 Å². The summed E-state index contributed by atoms with van der Waals surface area (Å²) >= 11 is 0. The lowest BCUT2D eigenvalue weighted by atomic mass is 10.3. The summed E-state index contributed by atoms with van der Waals surface area (Å²) in [5.74, 6) is -0.847. The highest BCUT2D eigenvalue weighted by molar-refractivity contribution is 5.94. The highest BCUT2D eigenvalue weighted by Crippen LogP contribution is 1.93. The van der Waals surface area contributed by atoms with Crippen LogP contribution in [0.15, 0.2) is 24.4 Å². The van der Waals surface area contributed by atoms with Crippen molar-refractivity contribution in [3.8, 4) is 0 Å². The van der Waals surface area contributed by atoms with Crippen molar-refractivity contribution in [2.45, 2.75) is 20.0 Å². The maximum atomic E-state index is 11.5. The van der Waals surface area contributed by atoms with Crippen LogP contribution in [0.4, 0.5) is 0 Å². The van der Waals surface area contributed by atoms with Crippen LogP contribution in [0.2, 0.25) is 0 Å². The molecule has 0 aliphatic heterocycles. The second-order valence-corrected chi connectivity index (χ2v) is 3.44. The normalized spacial score (nSPS) is 9.94. The Labute approximate surface area is 93.8 Å². The van der Waals surface area contributed by atoms with Gasteiger partial charge in [-0.2, -0.15) is 0 Å². The van der Waals surface area contributed by atoms with Crippen LogP contribution in [0.5, 0.6) is 0 Å². The number of aromatic nitrogens is 1. The van der Waals surface area contributed by atoms with Gasteiger partial charge in [0.15, 0.2) is 0 Å². The van der Waals surface area contributed by atoms with E-state index in [2.05, 4.69) is 10.3 Å². The highest BCUT2D eigenvalue weighted by Gasteiger charge is 2.10. The molecule has 0 bridgehead atoms. The first-order valence-electron chi connectivity index (χ1n) is 4.98. The molecule has 0 unspecified atom stereocenters. The van der Waals surface area contributed by atoms with E-state index in [4.69, 9.17) is 4.74 Å². The Hall–Kier alpha value is -1.91. The Morgan fingerprint density at radius 1 is 1.44 bits per heavy atom. The van der Waals surface area contributed by atoms with E-state index in [1.165, 1.54) is 6.20 Å². The van der Waals surface area contributed by atoms with Gasteiger partial charge in [-0.3, -0.25) is 14.6 Å². The molecule has 0 radical (unpaired) electrons. The van der Waals surface area contributed by atoms with E-state index in [9.17, 15) is 9.59 Å². The van der Waals surface area contributed by atoms with Gasteiger partial charge in [0.25, 0.3) is 5.91 Å². The molecule has 1 amide bonds. The average molecular weight is 222 g/mol. The smallest absolute Gasteiger partial charge is 0.325 e. The molecule has 16 heavy (non-hydrogen) atoms. The van der Waals surface area contributed by atoms with E-state index in [1.54, 1.807) is 32.0 Å². The first-order valence-corrected chi connectivity index (χ1v) is 4.98. The first kappa shape index (κ1) is 12.2. The Kier molecular flexibility index (Phi) is 4.44. The third kappa shape index (κ3) is 4.08. The zero-order chi connectivity index (χ0) is 12.0. The van der Waals surface area contributed by atoms with Crippen molar-refractivity contribution in [2.24, 2.45) is 0 Å². The first-order chi connectivity index (χ1) is 7.59. The molecule has 0 saturated heterocycles. The molecule has 0 atom stereocenters. The summed E-state index contributed by atoms with van der Waals surface area (Å²) in [6.07, 6.45) is 1.33. The van der Waals surface area contributed by atoms with Crippen LogP contribution < -0.4 is 5.32 Å². The fourth-order valence-electron chi connectivity index (χ4n) is 1.04. The predicted octanol–water partition coefficient (Wildman–Crippen LogP) is 0.763. The summed E-state index contributed by atoms with van der Waals surface area (Å²) in [6, 6.07) is 4.99. The van der Waals surface area contributed by atoms with Crippen molar-refractivity contribution in [2.75, 3.05) is 6.54 Å². The van der Waals surface area contributed by atoms with Gasteiger partial charge in [-0.05, 0) is 26.0 Å². The van der Waals surface area contributed by atoms with Crippen molar-refractivity contribution in [1.29, 1.82) is 0 Å². The van der Waals surface area contributed by atoms with E-state index >= 15 is 0 Å². The number of nitrogens with zero attached hydrogens (tertiary/aromatic N) is 1. The quantitative estimate of drug-likeness (QED) is 0.764. The SMILES string of the molecule is CC(C)OC(=O)CNC(=O)c1ccccn1. The minimum atomic E-state index is -0.459. The monoisotopic (exact) mass is 222 g/mol. The van der Waals surface area contributed by atoms with Crippen LogP contribution in [0, 0.1) is 0 Å². The van der Waals surface area contributed by atoms with Crippen molar-refractivity contribution >= 4 is 11.9 Å². The van der Waals surface area contributed by atoms with Crippen LogP contribution in [0.25, 0.3) is 0 Å². The molecule has 0 aromatic carbocycles. The Bertz CT molecular complexity index is 363. The zero-order valence-corrected chi connectivity index (χ0v) is 9.27. The number of amides is 1. The minimum Gasteiger partial charge on any atom is -0.462 e. The fourth-order valence-corrected chi connectivity index (χ4v) is 1.04. The lowest BCUT2D eigenvalue weighted by molar-refractivity contribution is -0.146. The molecule has 1 rings (SSSR count). The molecule has 0 aliphatic rings. The Morgan fingerprint density at radius 3 is 2.75 bits per heavy atom. The average Bonchev–Trinajstić information content (AvgIpc) is 2.26. The maximum absolute atomic E-state index is 11.5. The van der Waals surface area contributed by atoms with Gasteiger partial charge < -0.3 is 10.1 Å². The summed E-state index contributed by atoms with van der Waals surface area (Å²) in [5, 5.41) is 2.43. The zero-order valence-electron chi connectivity index (χ0n) is 9.27. The molecule has 5 nitrogen and oxygen atoms in total. The number of hydrogen-bond acceptors (Lipinski definition) is 4. The third-order valence-corrected chi connectivity index (χ3v) is 1.66. The molecule has 0 spiro atoms. The van der Waals surface area contributed by atoms with Gasteiger partial charge in [-0.25, -0.2) is 0 Å². The number of pyridine rings is 1. The second kappa shape index (κ2) is 5.85. The largest absolute Gasteiger partial charge is 0.462 e. The molecule has 0 saturated carbocycles. The fraction of sp³-hybridized carbons (Fsp3) is 0.364. The van der Waals surface area contributed by atoms with Gasteiger partial charge in [0.05, 0.1) is 6.10 Å². The van der Waals surface area contributed by atoms with Crippen LogP contribution >= 0.6 is 0 Å². The number of esters is 1. The third-order valence-electron chi connectivity index (χ3n) is 1.66. The van der Waals surface area contributed by atoms with Crippen LogP contribution in [-0.2, 0) is 9.53 Å². The molecule has 86 valence electrons. The molecule has 1 N–H and O–H groups in total. The molecule has 1 heterocycles. The Balaban J connectivity index is 2.39. The van der Waals surface area contributed by atoms with E-state index in [0.29, 0.717) is 0 Å². The summed E-state index contributed by atoms with van der Waals surface area (Å²) in [5.41, 5.74) is 0.278. The molecular formula is C11H14N2O3. The summed E-state index contributed by atoms with van der Waals surface area (Å²) in [6.45, 7) is 3.35. The maximum Gasteiger partial charge on any atom is 0.325 e. The van der Waals surface area contributed by atoms with Gasteiger partial charge in [0.1, 0.15) is 12.2 Å². The van der Waals surface area contributed by atoms with Gasteiger partial charge in [-0.15, -0.1) is 0 Å². The number of carbonyl (C=O) groups excluding carboxylic acids is 2. The number of hydrogen-bond donors (Lipinski definition) is 1. The lowest BCUT2D eigenvalue weighted by Crippen LogP contribution is -2.32. The van der Waals surface area contributed by atoms with Gasteiger partial charge in [0, 0.05) is 6.20 Å². The topological polar surface area (TPSA) is 68.3 Å². The van der Waals surface area contributed by atoms with E-state index in [1.807, 2.05) is 0 Å². The number of ether oxygens (including phenoxy) is 1. The molecule has 0 aliphatic carbocycles. The van der Waals surface area contributed by atoms with Crippen molar-refractivity contribution in [1.82, 2.24) is 10.3 Å². The standard InChI is InChI=1S/C11H14N2O3/c1-8(2)16-10(14)7-13-11(15)9-5-3-4-6-12-9/h3-6,8H,7H2,1-2H3,(H,13,15). The number of nitrogens with one attached hydrogen (secondary N) is 1. The Morgan fingerprint density at radius 2 is 2.19 bits per heavy atom. The minimum absolute atomic E-state index is 0.145. The van der Waals surface area contributed by atoms with Crippen LogP contribution in [0.3, 0.4) is 0 Å². The molecule has 1 aromatic rings. The highest BCUT2D eigenvalue weighted by atomic mass is 16.5. The number of carbonyl (C=O) groups is 2. The van der Waals surface area contributed by atoms with Crippen LogP contribution in [0.1, 0.15) is 24.3 Å². The van der Waals surface area contributed by atoms with E-state index in [-0.39, 0.29) is 24.2 Å². The van der Waals surface area contributed by atoms with Crippen molar-refractivity contribution in [3.63, 3.8) is 0 Å². The predicted molar refractivity (Wildman–Crippen MR) is 57.8 cm³/mol. The molecule has 5 heteroatoms. The van der Waals surface area contributed by atoms with Gasteiger partial charge >= 0.3 is 5.97 Å². The van der Waals surface area contributed by atoms with E-state index in [0.717, 1.165) is 0 Å². The molecule has 0 fully saturated rings. The summed E-state index contributed by atoms with van der Waals surface area (Å²) in [7, 11) is 0. The summed E-state index contributed by atoms with van der Waals surface area (Å²) in [4.78, 5) is 26.4. The summed E-state index contributed by atoms with van der Waals surface area (Å²) < 4.78 is 4.86. The second-order valence-electron chi connectivity index (χ2n) is 3.44. The van der Waals surface area contributed by atoms with E-state index < -0.39 is 5.97 Å².